The zero-order valence-corrected chi connectivity index (χ0v) is 10.3. The Morgan fingerprint density at radius 2 is 2.18 bits per heavy atom. The maximum absolute atomic E-state index is 11.4. The molecule has 0 fully saturated rings. The number of nitriles is 1. The Balaban J connectivity index is 2.40. The van der Waals surface area contributed by atoms with E-state index < -0.39 is 0 Å². The molecule has 1 unspecified atom stereocenters. The Morgan fingerprint density at radius 3 is 2.71 bits per heavy atom. The molecule has 0 radical (unpaired) electrons. The van der Waals surface area contributed by atoms with E-state index in [0.29, 0.717) is 11.3 Å². The van der Waals surface area contributed by atoms with Crippen LogP contribution < -0.4 is 5.32 Å². The van der Waals surface area contributed by atoms with Crippen molar-refractivity contribution in [3.05, 3.63) is 29.8 Å². The van der Waals surface area contributed by atoms with Crippen LogP contribution >= 0.6 is 11.8 Å². The first kappa shape index (κ1) is 13.6. The van der Waals surface area contributed by atoms with Crippen LogP contribution in [0.25, 0.3) is 0 Å². The zero-order chi connectivity index (χ0) is 12.7. The van der Waals surface area contributed by atoms with Crippen molar-refractivity contribution < 1.29 is 9.90 Å². The van der Waals surface area contributed by atoms with Crippen LogP contribution in [0.1, 0.15) is 12.5 Å². The number of carbonyl (C=O) groups excluding carboxylic acids is 1. The lowest BCUT2D eigenvalue weighted by Crippen LogP contribution is -2.36. The molecule has 0 saturated heterocycles. The molecule has 5 heteroatoms. The largest absolute Gasteiger partial charge is 0.394 e. The molecule has 0 bridgehead atoms. The molecule has 1 atom stereocenters. The minimum Gasteiger partial charge on any atom is -0.394 e. The van der Waals surface area contributed by atoms with E-state index >= 15 is 0 Å². The van der Waals surface area contributed by atoms with Gasteiger partial charge in [-0.2, -0.15) is 5.26 Å². The van der Waals surface area contributed by atoms with Gasteiger partial charge in [-0.05, 0) is 31.2 Å². The SMILES string of the molecule is CC(CO)NC(=O)CSc1ccc(C#N)cc1. The standard InChI is InChI=1S/C12H14N2O2S/c1-9(7-15)14-12(16)8-17-11-4-2-10(6-13)3-5-11/h2-5,9,15H,7-8H2,1H3,(H,14,16). The second-order valence-corrected chi connectivity index (χ2v) is 4.62. The third-order valence-electron chi connectivity index (χ3n) is 2.03. The fourth-order valence-electron chi connectivity index (χ4n) is 1.14. The molecule has 0 aromatic heterocycles. The lowest BCUT2D eigenvalue weighted by atomic mass is 10.2. The number of benzene rings is 1. The van der Waals surface area contributed by atoms with Crippen molar-refractivity contribution >= 4 is 17.7 Å². The number of nitrogens with one attached hydrogen (secondary N) is 1. The Labute approximate surface area is 105 Å². The predicted molar refractivity (Wildman–Crippen MR) is 66.6 cm³/mol. The van der Waals surface area contributed by atoms with E-state index in [1.54, 1.807) is 19.1 Å². The first-order valence-corrected chi connectivity index (χ1v) is 6.17. The van der Waals surface area contributed by atoms with E-state index in [-0.39, 0.29) is 18.6 Å². The van der Waals surface area contributed by atoms with Crippen molar-refractivity contribution in [2.75, 3.05) is 12.4 Å². The molecule has 0 saturated carbocycles. The molecule has 0 aliphatic rings. The van der Waals surface area contributed by atoms with E-state index in [1.807, 2.05) is 18.2 Å². The van der Waals surface area contributed by atoms with Crippen molar-refractivity contribution in [1.82, 2.24) is 5.32 Å². The predicted octanol–water partition coefficient (Wildman–Crippen LogP) is 1.15. The smallest absolute Gasteiger partial charge is 0.230 e. The third-order valence-corrected chi connectivity index (χ3v) is 3.05. The summed E-state index contributed by atoms with van der Waals surface area (Å²) in [5, 5.41) is 20.1. The van der Waals surface area contributed by atoms with Gasteiger partial charge in [0.1, 0.15) is 0 Å². The summed E-state index contributed by atoms with van der Waals surface area (Å²) >= 11 is 1.40. The Hall–Kier alpha value is -1.51. The van der Waals surface area contributed by atoms with Gasteiger partial charge in [-0.3, -0.25) is 4.79 Å². The Morgan fingerprint density at radius 1 is 1.53 bits per heavy atom. The highest BCUT2D eigenvalue weighted by atomic mass is 32.2. The summed E-state index contributed by atoms with van der Waals surface area (Å²) in [6.07, 6.45) is 0. The molecule has 1 rings (SSSR count). The highest BCUT2D eigenvalue weighted by Gasteiger charge is 2.06. The molecule has 1 amide bonds. The summed E-state index contributed by atoms with van der Waals surface area (Å²) in [5.74, 6) is 0.192. The first-order chi connectivity index (χ1) is 8.15. The average molecular weight is 250 g/mol. The highest BCUT2D eigenvalue weighted by molar-refractivity contribution is 8.00. The Bertz CT molecular complexity index is 412. The van der Waals surface area contributed by atoms with Gasteiger partial charge in [-0.15, -0.1) is 11.8 Å². The lowest BCUT2D eigenvalue weighted by Gasteiger charge is -2.10. The van der Waals surface area contributed by atoms with Crippen LogP contribution in [0, 0.1) is 11.3 Å². The maximum atomic E-state index is 11.4. The number of aliphatic hydroxyl groups excluding tert-OH is 1. The second-order valence-electron chi connectivity index (χ2n) is 3.58. The summed E-state index contributed by atoms with van der Waals surface area (Å²) in [6, 6.07) is 8.88. The molecular weight excluding hydrogens is 236 g/mol. The second kappa shape index (κ2) is 6.94. The van der Waals surface area contributed by atoms with Gasteiger partial charge >= 0.3 is 0 Å². The molecule has 1 aromatic rings. The van der Waals surface area contributed by atoms with Crippen molar-refractivity contribution in [2.45, 2.75) is 17.9 Å². The molecule has 0 aliphatic carbocycles. The van der Waals surface area contributed by atoms with Crippen LogP contribution in [0.5, 0.6) is 0 Å². The number of thioether (sulfide) groups is 1. The number of nitrogens with zero attached hydrogens (tertiary/aromatic N) is 1. The number of hydrogen-bond acceptors (Lipinski definition) is 4. The van der Waals surface area contributed by atoms with Crippen molar-refractivity contribution in [1.29, 1.82) is 5.26 Å². The molecule has 4 nitrogen and oxygen atoms in total. The van der Waals surface area contributed by atoms with Crippen molar-refractivity contribution in [3.8, 4) is 6.07 Å². The zero-order valence-electron chi connectivity index (χ0n) is 9.51. The maximum Gasteiger partial charge on any atom is 0.230 e. The van der Waals surface area contributed by atoms with Gasteiger partial charge in [0.15, 0.2) is 0 Å². The summed E-state index contributed by atoms with van der Waals surface area (Å²) in [6.45, 7) is 1.68. The normalized spacial score (nSPS) is 11.6. The van der Waals surface area contributed by atoms with Crippen LogP contribution in [-0.2, 0) is 4.79 Å². The summed E-state index contributed by atoms with van der Waals surface area (Å²) < 4.78 is 0. The van der Waals surface area contributed by atoms with Gasteiger partial charge in [0.2, 0.25) is 5.91 Å². The molecule has 2 N–H and O–H groups in total. The van der Waals surface area contributed by atoms with Crippen LogP contribution in [0.15, 0.2) is 29.2 Å². The topological polar surface area (TPSA) is 73.1 Å². The third kappa shape index (κ3) is 4.89. The fourth-order valence-corrected chi connectivity index (χ4v) is 1.85. The van der Waals surface area contributed by atoms with E-state index in [4.69, 9.17) is 10.4 Å². The summed E-state index contributed by atoms with van der Waals surface area (Å²) in [5.41, 5.74) is 0.604. The molecule has 0 spiro atoms. The van der Waals surface area contributed by atoms with E-state index in [2.05, 4.69) is 5.32 Å². The molecular formula is C12H14N2O2S. The van der Waals surface area contributed by atoms with Crippen LogP contribution in [-0.4, -0.2) is 29.4 Å². The summed E-state index contributed by atoms with van der Waals surface area (Å²) in [4.78, 5) is 12.4. The minimum absolute atomic E-state index is 0.0622. The van der Waals surface area contributed by atoms with Gasteiger partial charge in [-0.1, -0.05) is 0 Å². The quantitative estimate of drug-likeness (QED) is 0.769. The number of aliphatic hydroxyl groups is 1. The van der Waals surface area contributed by atoms with Crippen LogP contribution in [0.2, 0.25) is 0 Å². The van der Waals surface area contributed by atoms with Gasteiger partial charge in [0.25, 0.3) is 0 Å². The summed E-state index contributed by atoms with van der Waals surface area (Å²) in [7, 11) is 0. The van der Waals surface area contributed by atoms with Crippen LogP contribution in [0.4, 0.5) is 0 Å². The average Bonchev–Trinajstić information content (AvgIpc) is 2.36. The van der Waals surface area contributed by atoms with E-state index in [9.17, 15) is 4.79 Å². The minimum atomic E-state index is -0.218. The van der Waals surface area contributed by atoms with Crippen molar-refractivity contribution in [3.63, 3.8) is 0 Å². The lowest BCUT2D eigenvalue weighted by molar-refractivity contribution is -0.119. The molecule has 1 aromatic carbocycles. The Kier molecular flexibility index (Phi) is 5.53. The van der Waals surface area contributed by atoms with Gasteiger partial charge in [0, 0.05) is 10.9 Å². The number of amides is 1. The molecule has 17 heavy (non-hydrogen) atoms. The first-order valence-electron chi connectivity index (χ1n) is 5.19. The fraction of sp³-hybridized carbons (Fsp3) is 0.333. The van der Waals surface area contributed by atoms with E-state index in [1.165, 1.54) is 11.8 Å². The molecule has 0 heterocycles. The van der Waals surface area contributed by atoms with Crippen molar-refractivity contribution in [2.24, 2.45) is 0 Å². The van der Waals surface area contributed by atoms with Crippen LogP contribution in [0.3, 0.4) is 0 Å². The van der Waals surface area contributed by atoms with Gasteiger partial charge in [0.05, 0.1) is 24.0 Å². The monoisotopic (exact) mass is 250 g/mol. The number of hydrogen-bond donors (Lipinski definition) is 2. The number of carbonyl (C=O) groups is 1. The van der Waals surface area contributed by atoms with Gasteiger partial charge in [-0.25, -0.2) is 0 Å². The van der Waals surface area contributed by atoms with Gasteiger partial charge < -0.3 is 10.4 Å². The highest BCUT2D eigenvalue weighted by Crippen LogP contribution is 2.17. The van der Waals surface area contributed by atoms with E-state index in [0.717, 1.165) is 4.90 Å². The molecule has 0 aliphatic heterocycles. The molecule has 90 valence electrons. The number of rotatable bonds is 5.